The molecule has 0 saturated carbocycles. The van der Waals surface area contributed by atoms with Crippen LogP contribution in [-0.4, -0.2) is 100 Å². The SMILES string of the molecule is CCN(CC)c1nc(Nc2ccc(C=Cc3ccc(Nc4nc(Nc5cc(C)ccc5S(=O)(=O)O)nc(N(CC)CC)n4)cc3SOOO)c(S(=O)(=O)O)c2)nc(Nc2cc(S(=O)(=O)O)ccc2OOOS)n1. The van der Waals surface area contributed by atoms with Crippen LogP contribution in [-0.2, 0) is 49.1 Å². The van der Waals surface area contributed by atoms with Gasteiger partial charge in [0.1, 0.15) is 9.79 Å². The Balaban J connectivity index is 1.32. The Labute approximate surface area is 428 Å². The van der Waals surface area contributed by atoms with Crippen LogP contribution in [0.4, 0.5) is 58.4 Å². The predicted molar refractivity (Wildman–Crippen MR) is 271 cm³/mol. The van der Waals surface area contributed by atoms with Crippen LogP contribution in [0.5, 0.6) is 5.75 Å². The van der Waals surface area contributed by atoms with Gasteiger partial charge in [-0.1, -0.05) is 35.4 Å². The lowest BCUT2D eigenvalue weighted by Gasteiger charge is -2.20. The first-order valence-electron chi connectivity index (χ1n) is 21.2. The number of aromatic nitrogens is 6. The summed E-state index contributed by atoms with van der Waals surface area (Å²) in [7, 11) is -14.2. The molecule has 0 saturated heterocycles. The molecule has 8 N–H and O–H groups in total. The summed E-state index contributed by atoms with van der Waals surface area (Å²) in [5.41, 5.74) is 1.44. The van der Waals surface area contributed by atoms with E-state index >= 15 is 0 Å². The van der Waals surface area contributed by atoms with E-state index in [9.17, 15) is 38.9 Å². The van der Waals surface area contributed by atoms with Gasteiger partial charge >= 0.3 is 0 Å². The molecule has 0 aliphatic carbocycles. The number of thiol groups is 1. The van der Waals surface area contributed by atoms with E-state index in [1.807, 2.05) is 32.6 Å². The second-order valence-electron chi connectivity index (χ2n) is 14.8. The molecule has 0 amide bonds. The van der Waals surface area contributed by atoms with Crippen molar-refractivity contribution in [2.75, 3.05) is 57.2 Å². The van der Waals surface area contributed by atoms with Crippen LogP contribution >= 0.6 is 25.0 Å². The number of aryl methyl sites for hydroxylation is 1. The second kappa shape index (κ2) is 24.5. The molecule has 0 atom stereocenters. The summed E-state index contributed by atoms with van der Waals surface area (Å²) in [6.07, 6.45) is 2.88. The number of anilines is 10. The van der Waals surface area contributed by atoms with E-state index in [-0.39, 0.29) is 64.1 Å². The van der Waals surface area contributed by atoms with Crippen molar-refractivity contribution in [3.8, 4) is 5.75 Å². The fraction of sp³-hybridized carbons (Fsp3) is 0.220. The van der Waals surface area contributed by atoms with Gasteiger partial charge in [0.15, 0.2) is 5.75 Å². The lowest BCUT2D eigenvalue weighted by atomic mass is 10.1. The van der Waals surface area contributed by atoms with Gasteiger partial charge in [0.05, 0.1) is 28.3 Å². The van der Waals surface area contributed by atoms with Gasteiger partial charge in [0, 0.05) is 55.4 Å². The van der Waals surface area contributed by atoms with E-state index in [1.165, 1.54) is 42.5 Å². The molecule has 27 nitrogen and oxygen atoms in total. The average molecular weight is 1110 g/mol. The summed E-state index contributed by atoms with van der Waals surface area (Å²) in [6.45, 7) is 11.0. The first-order chi connectivity index (χ1) is 34.6. The monoisotopic (exact) mass is 1110 g/mol. The van der Waals surface area contributed by atoms with E-state index in [0.29, 0.717) is 59.9 Å². The van der Waals surface area contributed by atoms with E-state index in [4.69, 9.17) is 14.5 Å². The maximum atomic E-state index is 12.9. The van der Waals surface area contributed by atoms with Crippen molar-refractivity contribution >= 4 is 126 Å². The zero-order valence-electron chi connectivity index (χ0n) is 38.8. The first kappa shape index (κ1) is 55.8. The normalized spacial score (nSPS) is 11.9. The Kier molecular flexibility index (Phi) is 18.7. The minimum atomic E-state index is -4.91. The molecule has 2 aromatic heterocycles. The van der Waals surface area contributed by atoms with Gasteiger partial charge < -0.3 is 36.0 Å². The minimum absolute atomic E-state index is 0.0131. The number of hydrogen-bond donors (Lipinski definition) is 9. The molecular weight excluding hydrogens is 1060 g/mol. The van der Waals surface area contributed by atoms with Crippen LogP contribution in [0.3, 0.4) is 0 Å². The van der Waals surface area contributed by atoms with Gasteiger partial charge in [-0.3, -0.25) is 13.7 Å². The van der Waals surface area contributed by atoms with Crippen molar-refractivity contribution < 1.29 is 67.8 Å². The molecule has 4 aromatic carbocycles. The van der Waals surface area contributed by atoms with Crippen molar-refractivity contribution in [2.45, 2.75) is 54.2 Å². The highest BCUT2D eigenvalue weighted by Gasteiger charge is 2.22. The Morgan fingerprint density at radius 3 is 1.64 bits per heavy atom. The van der Waals surface area contributed by atoms with Crippen molar-refractivity contribution in [2.24, 2.45) is 0 Å². The molecule has 390 valence electrons. The zero-order valence-corrected chi connectivity index (χ0v) is 43.0. The Morgan fingerprint density at radius 2 is 1.12 bits per heavy atom. The van der Waals surface area contributed by atoms with Crippen LogP contribution in [0.1, 0.15) is 44.4 Å². The van der Waals surface area contributed by atoms with Gasteiger partial charge in [-0.15, -0.1) is 8.67 Å². The fourth-order valence-electron chi connectivity index (χ4n) is 6.63. The number of hydrogen-bond acceptors (Lipinski definition) is 26. The summed E-state index contributed by atoms with van der Waals surface area (Å²) in [5, 5.41) is 29.0. The fourth-order valence-corrected chi connectivity index (χ4v) is 9.02. The lowest BCUT2D eigenvalue weighted by molar-refractivity contribution is -0.432. The second-order valence-corrected chi connectivity index (χ2v) is 19.9. The number of nitrogens with one attached hydrogen (secondary N) is 4. The van der Waals surface area contributed by atoms with E-state index < -0.39 is 45.0 Å². The first-order valence-corrected chi connectivity index (χ1v) is 26.6. The van der Waals surface area contributed by atoms with Crippen molar-refractivity contribution in [1.29, 1.82) is 0 Å². The van der Waals surface area contributed by atoms with Crippen molar-refractivity contribution in [3.63, 3.8) is 0 Å². The number of rotatable bonds is 25. The molecule has 0 spiro atoms. The largest absolute Gasteiger partial charge is 0.341 e. The predicted octanol–water partition coefficient (Wildman–Crippen LogP) is 7.46. The third kappa shape index (κ3) is 15.0. The molecule has 2 heterocycles. The van der Waals surface area contributed by atoms with Crippen molar-refractivity contribution in [3.05, 3.63) is 89.5 Å². The molecule has 0 radical (unpaired) electrons. The molecule has 6 rings (SSSR count). The molecule has 73 heavy (non-hydrogen) atoms. The van der Waals surface area contributed by atoms with Gasteiger partial charge in [0.25, 0.3) is 30.4 Å². The van der Waals surface area contributed by atoms with Gasteiger partial charge in [0.2, 0.25) is 35.7 Å². The summed E-state index contributed by atoms with van der Waals surface area (Å²) in [4.78, 5) is 34.1. The van der Waals surface area contributed by atoms with Crippen LogP contribution in [0.25, 0.3) is 12.2 Å². The summed E-state index contributed by atoms with van der Waals surface area (Å²) in [6, 6.07) is 16.2. The quantitative estimate of drug-likeness (QED) is 0.00670. The zero-order chi connectivity index (χ0) is 53.1. The summed E-state index contributed by atoms with van der Waals surface area (Å²) >= 11 is 4.02. The van der Waals surface area contributed by atoms with Crippen molar-refractivity contribution in [1.82, 2.24) is 29.9 Å². The highest BCUT2D eigenvalue weighted by atomic mass is 32.2. The molecule has 0 aliphatic heterocycles. The average Bonchev–Trinajstić information content (AvgIpc) is 3.32. The summed E-state index contributed by atoms with van der Waals surface area (Å²) < 4.78 is 113. The summed E-state index contributed by atoms with van der Waals surface area (Å²) in [5.74, 6) is -0.162. The maximum Gasteiger partial charge on any atom is 0.296 e. The Hall–Kier alpha value is -6.53. The smallest absolute Gasteiger partial charge is 0.296 e. The van der Waals surface area contributed by atoms with Gasteiger partial charge in [-0.05, 0) is 111 Å². The van der Waals surface area contributed by atoms with Crippen LogP contribution < -0.4 is 36.0 Å². The molecule has 0 fully saturated rings. The molecule has 6 aromatic rings. The van der Waals surface area contributed by atoms with Crippen LogP contribution in [0.2, 0.25) is 0 Å². The number of benzene rings is 4. The lowest BCUT2D eigenvalue weighted by Crippen LogP contribution is -2.25. The highest BCUT2D eigenvalue weighted by molar-refractivity contribution is 7.94. The van der Waals surface area contributed by atoms with Crippen LogP contribution in [0.15, 0.2) is 92.4 Å². The third-order valence-electron chi connectivity index (χ3n) is 10.1. The Bertz CT molecular complexity index is 3320. The third-order valence-corrected chi connectivity index (χ3v) is 13.5. The molecule has 32 heteroatoms. The minimum Gasteiger partial charge on any atom is -0.341 e. The maximum absolute atomic E-state index is 12.9. The van der Waals surface area contributed by atoms with Gasteiger partial charge in [-0.25, -0.2) is 5.26 Å². The Morgan fingerprint density at radius 1 is 0.603 bits per heavy atom. The van der Waals surface area contributed by atoms with E-state index in [1.54, 1.807) is 30.0 Å². The topological polar surface area (TPSA) is 361 Å². The highest BCUT2D eigenvalue weighted by Crippen LogP contribution is 2.34. The van der Waals surface area contributed by atoms with E-state index in [0.717, 1.165) is 24.3 Å². The molecule has 0 bridgehead atoms. The van der Waals surface area contributed by atoms with Gasteiger partial charge in [-0.2, -0.15) is 55.2 Å². The molecule has 0 aliphatic rings. The molecular formula is C41H46N12O15S5. The van der Waals surface area contributed by atoms with E-state index in [2.05, 4.69) is 78.5 Å². The number of nitrogens with zero attached hydrogens (tertiary/aromatic N) is 8. The standard InChI is InChI=1S/C41H46N12O15S5/c1-6-52(7-2)40-49-37(46-38(50-40)44-30-23-29(71(55,56)57)17-18-32(30)64-66-67-69)43-28-16-14-26(35(22-28)73(61,62)63)12-11-25-13-15-27(21-33(25)70-68-65-54)42-36-47-39(51-41(48-36)53(8-3)9-4)45-31-20-24(5)10-19-34(31)72(58,59)60/h10-23,54,69H,6-9H2,1-5H3,(H,55,56,57)(H,58,59,60)(H,61,62,63)(H2,42,45,47,48,51)(H2,43,44,46,49,50). The van der Waals surface area contributed by atoms with Crippen LogP contribution in [0, 0.1) is 6.92 Å². The molecule has 0 unspecified atom stereocenters.